The monoisotopic (exact) mass is 348 g/mol. The SMILES string of the molecule is CCOC(=O)N1CCN(C(=NC)NC2CC2c2ccccc2F)CC1. The number of benzene rings is 1. The van der Waals surface area contributed by atoms with E-state index in [-0.39, 0.29) is 23.9 Å². The van der Waals surface area contributed by atoms with E-state index in [4.69, 9.17) is 4.74 Å². The normalized spacial score (nSPS) is 23.4. The van der Waals surface area contributed by atoms with E-state index in [1.165, 1.54) is 6.07 Å². The summed E-state index contributed by atoms with van der Waals surface area (Å²) in [5.41, 5.74) is 0.766. The lowest BCUT2D eigenvalue weighted by Gasteiger charge is -2.36. The maximum absolute atomic E-state index is 13.9. The van der Waals surface area contributed by atoms with Crippen LogP contribution in [0.1, 0.15) is 24.8 Å². The van der Waals surface area contributed by atoms with Gasteiger partial charge in [0.15, 0.2) is 5.96 Å². The number of carbonyl (C=O) groups excluding carboxylic acids is 1. The number of ether oxygens (including phenoxy) is 1. The molecule has 0 aromatic heterocycles. The van der Waals surface area contributed by atoms with Gasteiger partial charge < -0.3 is 19.9 Å². The van der Waals surface area contributed by atoms with Crippen molar-refractivity contribution in [1.82, 2.24) is 15.1 Å². The van der Waals surface area contributed by atoms with Crippen LogP contribution in [-0.4, -0.2) is 67.7 Å². The van der Waals surface area contributed by atoms with Crippen LogP contribution in [0.15, 0.2) is 29.3 Å². The summed E-state index contributed by atoms with van der Waals surface area (Å²) in [5, 5.41) is 3.43. The lowest BCUT2D eigenvalue weighted by molar-refractivity contribution is 0.0914. The molecule has 1 aromatic carbocycles. The van der Waals surface area contributed by atoms with Crippen molar-refractivity contribution in [2.75, 3.05) is 39.8 Å². The van der Waals surface area contributed by atoms with Crippen LogP contribution in [0.3, 0.4) is 0 Å². The highest BCUT2D eigenvalue weighted by molar-refractivity contribution is 5.81. The molecule has 1 aliphatic carbocycles. The molecule has 25 heavy (non-hydrogen) atoms. The lowest BCUT2D eigenvalue weighted by Crippen LogP contribution is -2.54. The van der Waals surface area contributed by atoms with Crippen molar-refractivity contribution in [2.24, 2.45) is 4.99 Å². The third kappa shape index (κ3) is 4.03. The topological polar surface area (TPSA) is 57.2 Å². The Morgan fingerprint density at radius 2 is 1.96 bits per heavy atom. The number of amides is 1. The molecule has 2 aliphatic rings. The molecule has 136 valence electrons. The van der Waals surface area contributed by atoms with Gasteiger partial charge in [-0.2, -0.15) is 0 Å². The number of rotatable bonds is 3. The number of carbonyl (C=O) groups is 1. The third-order valence-electron chi connectivity index (χ3n) is 4.73. The smallest absolute Gasteiger partial charge is 0.409 e. The fraction of sp³-hybridized carbons (Fsp3) is 0.556. The summed E-state index contributed by atoms with van der Waals surface area (Å²) < 4.78 is 18.9. The van der Waals surface area contributed by atoms with Crippen LogP contribution in [0.25, 0.3) is 0 Å². The number of guanidine groups is 1. The van der Waals surface area contributed by atoms with Crippen molar-refractivity contribution in [3.63, 3.8) is 0 Å². The predicted octanol–water partition coefficient (Wildman–Crippen LogP) is 2.03. The van der Waals surface area contributed by atoms with Gasteiger partial charge in [0.25, 0.3) is 0 Å². The lowest BCUT2D eigenvalue weighted by atomic mass is 10.1. The average molecular weight is 348 g/mol. The second-order valence-corrected chi connectivity index (χ2v) is 6.33. The Balaban J connectivity index is 1.52. The van der Waals surface area contributed by atoms with E-state index < -0.39 is 0 Å². The molecule has 1 saturated carbocycles. The maximum atomic E-state index is 13.9. The van der Waals surface area contributed by atoms with Gasteiger partial charge in [-0.3, -0.25) is 4.99 Å². The van der Waals surface area contributed by atoms with E-state index in [0.29, 0.717) is 32.8 Å². The Bertz CT molecular complexity index is 644. The Labute approximate surface area is 147 Å². The summed E-state index contributed by atoms with van der Waals surface area (Å²) in [6.07, 6.45) is 0.648. The minimum absolute atomic E-state index is 0.144. The summed E-state index contributed by atoms with van der Waals surface area (Å²) in [6.45, 7) is 4.83. The highest BCUT2D eigenvalue weighted by Crippen LogP contribution is 2.41. The van der Waals surface area contributed by atoms with Crippen LogP contribution < -0.4 is 5.32 Å². The Hall–Kier alpha value is -2.31. The van der Waals surface area contributed by atoms with E-state index in [9.17, 15) is 9.18 Å². The number of aliphatic imine (C=N–C) groups is 1. The van der Waals surface area contributed by atoms with Crippen LogP contribution in [0.5, 0.6) is 0 Å². The maximum Gasteiger partial charge on any atom is 0.409 e. The van der Waals surface area contributed by atoms with Gasteiger partial charge in [0.05, 0.1) is 6.61 Å². The number of hydrogen-bond acceptors (Lipinski definition) is 3. The van der Waals surface area contributed by atoms with Crippen LogP contribution in [-0.2, 0) is 4.74 Å². The van der Waals surface area contributed by atoms with Gasteiger partial charge in [-0.1, -0.05) is 18.2 Å². The van der Waals surface area contributed by atoms with Gasteiger partial charge in [-0.25, -0.2) is 9.18 Å². The zero-order valence-electron chi connectivity index (χ0n) is 14.7. The summed E-state index contributed by atoms with van der Waals surface area (Å²) >= 11 is 0. The molecule has 0 bridgehead atoms. The van der Waals surface area contributed by atoms with Gasteiger partial charge in [0, 0.05) is 45.2 Å². The molecule has 0 radical (unpaired) electrons. The van der Waals surface area contributed by atoms with Crippen molar-refractivity contribution in [3.05, 3.63) is 35.6 Å². The molecule has 1 amide bonds. The molecule has 7 heteroatoms. The number of nitrogens with zero attached hydrogens (tertiary/aromatic N) is 3. The zero-order valence-corrected chi connectivity index (χ0v) is 14.7. The minimum atomic E-state index is -0.257. The Morgan fingerprint density at radius 1 is 1.28 bits per heavy atom. The highest BCUT2D eigenvalue weighted by atomic mass is 19.1. The van der Waals surface area contributed by atoms with Crippen molar-refractivity contribution in [1.29, 1.82) is 0 Å². The molecule has 1 aromatic rings. The molecule has 2 fully saturated rings. The van der Waals surface area contributed by atoms with Crippen molar-refractivity contribution >= 4 is 12.1 Å². The molecule has 1 N–H and O–H groups in total. The number of piperazine rings is 1. The molecule has 3 rings (SSSR count). The molecular weight excluding hydrogens is 323 g/mol. The van der Waals surface area contributed by atoms with Gasteiger partial charge >= 0.3 is 6.09 Å². The quantitative estimate of drug-likeness (QED) is 0.671. The second-order valence-electron chi connectivity index (χ2n) is 6.33. The average Bonchev–Trinajstić information content (AvgIpc) is 3.39. The Morgan fingerprint density at radius 3 is 2.60 bits per heavy atom. The first-order valence-corrected chi connectivity index (χ1v) is 8.78. The first-order chi connectivity index (χ1) is 12.1. The predicted molar refractivity (Wildman–Crippen MR) is 94.2 cm³/mol. The summed E-state index contributed by atoms with van der Waals surface area (Å²) in [4.78, 5) is 20.0. The van der Waals surface area contributed by atoms with Gasteiger partial charge in [-0.15, -0.1) is 0 Å². The van der Waals surface area contributed by atoms with Gasteiger partial charge in [-0.05, 0) is 25.0 Å². The molecule has 6 nitrogen and oxygen atoms in total. The number of nitrogens with one attached hydrogen (secondary N) is 1. The van der Waals surface area contributed by atoms with E-state index in [1.807, 2.05) is 19.1 Å². The van der Waals surface area contributed by atoms with Gasteiger partial charge in [0.1, 0.15) is 5.82 Å². The van der Waals surface area contributed by atoms with Crippen LogP contribution in [0, 0.1) is 5.82 Å². The fourth-order valence-corrected chi connectivity index (χ4v) is 3.25. The van der Waals surface area contributed by atoms with Crippen LogP contribution >= 0.6 is 0 Å². The van der Waals surface area contributed by atoms with Crippen LogP contribution in [0.4, 0.5) is 9.18 Å². The summed E-state index contributed by atoms with van der Waals surface area (Å²) in [7, 11) is 1.75. The zero-order chi connectivity index (χ0) is 17.8. The molecule has 2 atom stereocenters. The second kappa shape index (κ2) is 7.72. The molecule has 1 heterocycles. The van der Waals surface area contributed by atoms with Crippen molar-refractivity contribution < 1.29 is 13.9 Å². The highest BCUT2D eigenvalue weighted by Gasteiger charge is 2.41. The molecule has 2 unspecified atom stereocenters. The van der Waals surface area contributed by atoms with Gasteiger partial charge in [0.2, 0.25) is 0 Å². The standard InChI is InChI=1S/C18H25FN4O2/c1-3-25-18(24)23-10-8-22(9-11-23)17(20-2)21-16-12-14(16)13-6-4-5-7-15(13)19/h4-7,14,16H,3,8-12H2,1-2H3,(H,20,21). The van der Waals surface area contributed by atoms with E-state index in [2.05, 4.69) is 15.2 Å². The van der Waals surface area contributed by atoms with Crippen molar-refractivity contribution in [3.8, 4) is 0 Å². The van der Waals surface area contributed by atoms with Crippen molar-refractivity contribution in [2.45, 2.75) is 25.3 Å². The molecular formula is C18H25FN4O2. The molecule has 1 aliphatic heterocycles. The fourth-order valence-electron chi connectivity index (χ4n) is 3.25. The van der Waals surface area contributed by atoms with E-state index >= 15 is 0 Å². The summed E-state index contributed by atoms with van der Waals surface area (Å²) in [6, 6.07) is 7.15. The van der Waals surface area contributed by atoms with E-state index in [1.54, 1.807) is 18.0 Å². The largest absolute Gasteiger partial charge is 0.450 e. The molecule has 0 spiro atoms. The Kier molecular flexibility index (Phi) is 5.40. The number of hydrogen-bond donors (Lipinski definition) is 1. The summed E-state index contributed by atoms with van der Waals surface area (Å²) in [5.74, 6) is 0.862. The third-order valence-corrected chi connectivity index (χ3v) is 4.73. The first-order valence-electron chi connectivity index (χ1n) is 8.78. The van der Waals surface area contributed by atoms with E-state index in [0.717, 1.165) is 17.9 Å². The number of halogens is 1. The van der Waals surface area contributed by atoms with Crippen LogP contribution in [0.2, 0.25) is 0 Å². The first kappa shape index (κ1) is 17.5. The minimum Gasteiger partial charge on any atom is -0.450 e. The molecule has 1 saturated heterocycles.